The molecule has 146 valence electrons. The number of hydrogen-bond acceptors (Lipinski definition) is 3. The van der Waals surface area contributed by atoms with Gasteiger partial charge in [0.2, 0.25) is 0 Å². The van der Waals surface area contributed by atoms with E-state index in [2.05, 4.69) is 49.4 Å². The molecule has 0 atom stereocenters. The van der Waals surface area contributed by atoms with E-state index in [-0.39, 0.29) is 0 Å². The van der Waals surface area contributed by atoms with Gasteiger partial charge in [-0.1, -0.05) is 42.5 Å². The number of aliphatic imine (C=N–C) groups is 1. The molecule has 0 radical (unpaired) electrons. The Labute approximate surface area is 166 Å². The molecular formula is C22H27N5O. The van der Waals surface area contributed by atoms with Crippen LogP contribution in [0.3, 0.4) is 0 Å². The van der Waals surface area contributed by atoms with E-state index in [1.54, 1.807) is 14.2 Å². The molecule has 1 heterocycles. The van der Waals surface area contributed by atoms with Gasteiger partial charge in [-0.2, -0.15) is 0 Å². The topological polar surface area (TPSA) is 65.5 Å². The number of imidazole rings is 1. The molecule has 0 spiro atoms. The van der Waals surface area contributed by atoms with E-state index in [9.17, 15) is 0 Å². The van der Waals surface area contributed by atoms with Crippen molar-refractivity contribution in [3.05, 3.63) is 72.2 Å². The number of guanidine groups is 1. The summed E-state index contributed by atoms with van der Waals surface area (Å²) in [5.41, 5.74) is 3.37. The molecule has 0 bridgehead atoms. The highest BCUT2D eigenvalue weighted by Crippen LogP contribution is 2.16. The van der Waals surface area contributed by atoms with Gasteiger partial charge in [-0.15, -0.1) is 0 Å². The van der Waals surface area contributed by atoms with Crippen molar-refractivity contribution >= 4 is 5.96 Å². The zero-order valence-electron chi connectivity index (χ0n) is 16.6. The van der Waals surface area contributed by atoms with E-state index >= 15 is 0 Å². The van der Waals surface area contributed by atoms with Crippen molar-refractivity contribution in [1.29, 1.82) is 0 Å². The Morgan fingerprint density at radius 1 is 1.18 bits per heavy atom. The van der Waals surface area contributed by atoms with Gasteiger partial charge >= 0.3 is 0 Å². The average Bonchev–Trinajstić information content (AvgIpc) is 3.20. The monoisotopic (exact) mass is 377 g/mol. The zero-order chi connectivity index (χ0) is 19.8. The summed E-state index contributed by atoms with van der Waals surface area (Å²) in [5.74, 6) is 2.61. The first kappa shape index (κ1) is 19.5. The molecule has 0 fully saturated rings. The third-order valence-corrected chi connectivity index (χ3v) is 4.50. The average molecular weight is 377 g/mol. The quantitative estimate of drug-likeness (QED) is 0.490. The Bertz CT molecular complexity index is 904. The minimum absolute atomic E-state index is 0.645. The lowest BCUT2D eigenvalue weighted by Crippen LogP contribution is -2.39. The highest BCUT2D eigenvalue weighted by Gasteiger charge is 2.10. The lowest BCUT2D eigenvalue weighted by molar-refractivity contribution is 0.414. The molecule has 3 aromatic rings. The highest BCUT2D eigenvalue weighted by atomic mass is 16.5. The molecule has 0 unspecified atom stereocenters. The van der Waals surface area contributed by atoms with Gasteiger partial charge in [0.25, 0.3) is 0 Å². The summed E-state index contributed by atoms with van der Waals surface area (Å²) in [5, 5.41) is 3.41. The molecule has 6 nitrogen and oxygen atoms in total. The Hall–Kier alpha value is -3.28. The van der Waals surface area contributed by atoms with Gasteiger partial charge in [0.1, 0.15) is 11.6 Å². The van der Waals surface area contributed by atoms with Gasteiger partial charge < -0.3 is 19.9 Å². The molecular weight excluding hydrogens is 350 g/mol. The highest BCUT2D eigenvalue weighted by molar-refractivity contribution is 5.79. The fourth-order valence-electron chi connectivity index (χ4n) is 3.04. The van der Waals surface area contributed by atoms with Gasteiger partial charge in [-0.3, -0.25) is 4.99 Å². The van der Waals surface area contributed by atoms with E-state index in [4.69, 9.17) is 4.74 Å². The third-order valence-electron chi connectivity index (χ3n) is 4.50. The van der Waals surface area contributed by atoms with Crippen molar-refractivity contribution < 1.29 is 4.74 Å². The zero-order valence-corrected chi connectivity index (χ0v) is 16.6. The second kappa shape index (κ2) is 9.60. The number of H-pyrrole nitrogens is 1. The molecule has 1 aromatic heterocycles. The minimum Gasteiger partial charge on any atom is -0.497 e. The lowest BCUT2D eigenvalue weighted by Gasteiger charge is -2.21. The maximum atomic E-state index is 5.28. The van der Waals surface area contributed by atoms with Crippen LogP contribution in [0.2, 0.25) is 0 Å². The van der Waals surface area contributed by atoms with E-state index < -0.39 is 0 Å². The molecule has 0 saturated carbocycles. The molecule has 0 amide bonds. The van der Waals surface area contributed by atoms with Crippen LogP contribution >= 0.6 is 0 Å². The minimum atomic E-state index is 0.645. The molecule has 0 aliphatic rings. The van der Waals surface area contributed by atoms with Crippen molar-refractivity contribution in [2.75, 3.05) is 27.7 Å². The lowest BCUT2D eigenvalue weighted by atomic mass is 10.1. The predicted octanol–water partition coefficient (Wildman–Crippen LogP) is 3.34. The number of aromatic nitrogens is 2. The first-order chi connectivity index (χ1) is 13.7. The smallest absolute Gasteiger partial charge is 0.193 e. The molecule has 28 heavy (non-hydrogen) atoms. The van der Waals surface area contributed by atoms with Crippen LogP contribution in [0.5, 0.6) is 5.75 Å². The number of rotatable bonds is 7. The second-order valence-corrected chi connectivity index (χ2v) is 6.54. The van der Waals surface area contributed by atoms with Crippen LogP contribution in [-0.4, -0.2) is 48.6 Å². The summed E-state index contributed by atoms with van der Waals surface area (Å²) in [7, 11) is 5.49. The second-order valence-electron chi connectivity index (χ2n) is 6.54. The van der Waals surface area contributed by atoms with Gasteiger partial charge in [-0.25, -0.2) is 4.98 Å². The summed E-state index contributed by atoms with van der Waals surface area (Å²) in [6, 6.07) is 18.3. The number of benzene rings is 2. The normalized spacial score (nSPS) is 11.3. The van der Waals surface area contributed by atoms with Crippen LogP contribution in [0.25, 0.3) is 11.3 Å². The summed E-state index contributed by atoms with van der Waals surface area (Å²) < 4.78 is 5.28. The Balaban J connectivity index is 1.54. The Morgan fingerprint density at radius 2 is 2.00 bits per heavy atom. The van der Waals surface area contributed by atoms with Crippen molar-refractivity contribution in [2.24, 2.45) is 4.99 Å². The van der Waals surface area contributed by atoms with Crippen LogP contribution in [-0.2, 0) is 13.0 Å². The Kier molecular flexibility index (Phi) is 6.68. The van der Waals surface area contributed by atoms with Crippen LogP contribution in [0.1, 0.15) is 11.4 Å². The SMILES string of the molecule is CN=C(NCCc1cccc(OC)c1)N(C)Cc1ncc(-c2ccccc2)[nH]1. The van der Waals surface area contributed by atoms with Crippen molar-refractivity contribution in [1.82, 2.24) is 20.2 Å². The molecule has 2 N–H and O–H groups in total. The third kappa shape index (κ3) is 5.13. The van der Waals surface area contributed by atoms with E-state index in [1.807, 2.05) is 43.6 Å². The van der Waals surface area contributed by atoms with Crippen molar-refractivity contribution in [3.8, 4) is 17.0 Å². The fourth-order valence-corrected chi connectivity index (χ4v) is 3.04. The molecule has 6 heteroatoms. The Morgan fingerprint density at radius 3 is 2.75 bits per heavy atom. The predicted molar refractivity (Wildman–Crippen MR) is 114 cm³/mol. The van der Waals surface area contributed by atoms with E-state index in [1.165, 1.54) is 5.56 Å². The van der Waals surface area contributed by atoms with Gasteiger partial charge in [0, 0.05) is 20.6 Å². The molecule has 0 aliphatic carbocycles. The van der Waals surface area contributed by atoms with Crippen molar-refractivity contribution in [3.63, 3.8) is 0 Å². The molecule has 0 aliphatic heterocycles. The maximum Gasteiger partial charge on any atom is 0.193 e. The van der Waals surface area contributed by atoms with Crippen LogP contribution in [0.4, 0.5) is 0 Å². The first-order valence-corrected chi connectivity index (χ1v) is 9.33. The number of ether oxygens (including phenoxy) is 1. The summed E-state index contributed by atoms with van der Waals surface area (Å²) in [6.07, 6.45) is 2.76. The fraction of sp³-hybridized carbons (Fsp3) is 0.273. The largest absolute Gasteiger partial charge is 0.497 e. The number of hydrogen-bond donors (Lipinski definition) is 2. The maximum absolute atomic E-state index is 5.28. The van der Waals surface area contributed by atoms with Crippen LogP contribution < -0.4 is 10.1 Å². The number of aromatic amines is 1. The van der Waals surface area contributed by atoms with E-state index in [0.29, 0.717) is 6.54 Å². The number of nitrogens with zero attached hydrogens (tertiary/aromatic N) is 3. The number of methoxy groups -OCH3 is 1. The number of nitrogens with one attached hydrogen (secondary N) is 2. The van der Waals surface area contributed by atoms with Gasteiger partial charge in [0.05, 0.1) is 25.5 Å². The summed E-state index contributed by atoms with van der Waals surface area (Å²) >= 11 is 0. The standard InChI is InChI=1S/C22H27N5O/c1-23-22(24-13-12-17-8-7-11-19(14-17)28-3)27(2)16-21-25-15-20(26-21)18-9-5-4-6-10-18/h4-11,14-15H,12-13,16H2,1-3H3,(H,23,24)(H,25,26). The summed E-state index contributed by atoms with van der Waals surface area (Å²) in [6.45, 7) is 1.43. The van der Waals surface area contributed by atoms with Crippen LogP contribution in [0.15, 0.2) is 65.8 Å². The first-order valence-electron chi connectivity index (χ1n) is 9.33. The van der Waals surface area contributed by atoms with Crippen LogP contribution in [0, 0.1) is 0 Å². The summed E-state index contributed by atoms with van der Waals surface area (Å²) in [4.78, 5) is 14.3. The molecule has 2 aromatic carbocycles. The van der Waals surface area contributed by atoms with Gasteiger partial charge in [-0.05, 0) is 29.7 Å². The van der Waals surface area contributed by atoms with Crippen molar-refractivity contribution in [2.45, 2.75) is 13.0 Å². The van der Waals surface area contributed by atoms with E-state index in [0.717, 1.165) is 41.8 Å². The molecule has 0 saturated heterocycles. The van der Waals surface area contributed by atoms with Gasteiger partial charge in [0.15, 0.2) is 5.96 Å². The molecule has 3 rings (SSSR count).